The lowest BCUT2D eigenvalue weighted by molar-refractivity contribution is -0.105. The van der Waals surface area contributed by atoms with E-state index >= 15 is 0 Å². The number of hydrogen-bond donors (Lipinski definition) is 1. The second-order valence-electron chi connectivity index (χ2n) is 7.11. The van der Waals surface area contributed by atoms with Gasteiger partial charge in [-0.3, -0.25) is 4.79 Å². The van der Waals surface area contributed by atoms with Crippen molar-refractivity contribution in [3.05, 3.63) is 42.7 Å². The molecular formula is C21H31FN2O5. The molecule has 1 fully saturated rings. The van der Waals surface area contributed by atoms with Crippen molar-refractivity contribution in [1.29, 1.82) is 0 Å². The molecule has 0 spiro atoms. The van der Waals surface area contributed by atoms with Crippen LogP contribution >= 0.6 is 0 Å². The summed E-state index contributed by atoms with van der Waals surface area (Å²) < 4.78 is 22.8. The van der Waals surface area contributed by atoms with Crippen molar-refractivity contribution in [3.8, 4) is 0 Å². The number of methoxy groups -OCH3 is 1. The molecule has 0 radical (unpaired) electrons. The first kappa shape index (κ1) is 26.1. The van der Waals surface area contributed by atoms with E-state index in [2.05, 4.69) is 30.1 Å². The number of carbonyl (C=O) groups excluding carboxylic acids is 3. The minimum absolute atomic E-state index is 0.0210. The quantitative estimate of drug-likeness (QED) is 0.454. The molecule has 0 saturated carbocycles. The molecule has 8 heteroatoms. The number of nitrogens with zero attached hydrogens (tertiary/aromatic N) is 1. The molecule has 0 aromatic heterocycles. The van der Waals surface area contributed by atoms with Gasteiger partial charge in [-0.15, -0.1) is 13.2 Å². The smallest absolute Gasteiger partial charge is 0.410 e. The molecule has 1 aromatic carbocycles. The minimum Gasteiger partial charge on any atom is -0.465 e. The number of nitrogens with one attached hydrogen (secondary N) is 1. The maximum absolute atomic E-state index is 13.1. The third kappa shape index (κ3) is 9.23. The molecule has 2 amide bonds. The van der Waals surface area contributed by atoms with Crippen molar-refractivity contribution in [3.63, 3.8) is 0 Å². The normalized spacial score (nSPS) is 15.1. The highest BCUT2D eigenvalue weighted by atomic mass is 19.1. The van der Waals surface area contributed by atoms with Gasteiger partial charge < -0.3 is 19.7 Å². The lowest BCUT2D eigenvalue weighted by atomic mass is 10.2. The topological polar surface area (TPSA) is 84.9 Å². The van der Waals surface area contributed by atoms with Crippen molar-refractivity contribution >= 4 is 24.2 Å². The van der Waals surface area contributed by atoms with Crippen LogP contribution in [0.5, 0.6) is 0 Å². The molecular weight excluding hydrogens is 379 g/mol. The number of carbonyl (C=O) groups is 3. The molecule has 1 aliphatic heterocycles. The second kappa shape index (κ2) is 12.5. The van der Waals surface area contributed by atoms with Gasteiger partial charge in [0.2, 0.25) is 6.41 Å². The summed E-state index contributed by atoms with van der Waals surface area (Å²) in [7, 11) is 1.21. The van der Waals surface area contributed by atoms with Crippen molar-refractivity contribution in [2.45, 2.75) is 52.2 Å². The molecule has 1 heterocycles. The molecule has 1 atom stereocenters. The SMILES string of the molecule is C=C.CC1CCCN1C(=O)OC(C)(C)C.COC(=O)c1ccc(NC=O)c(F)c1. The summed E-state index contributed by atoms with van der Waals surface area (Å²) in [6, 6.07) is 3.99. The number of anilines is 1. The molecule has 0 aliphatic carbocycles. The van der Waals surface area contributed by atoms with Crippen molar-refractivity contribution < 1.29 is 28.2 Å². The van der Waals surface area contributed by atoms with Crippen LogP contribution in [0.3, 0.4) is 0 Å². The van der Waals surface area contributed by atoms with Crippen LogP contribution in [0.2, 0.25) is 0 Å². The predicted octanol–water partition coefficient (Wildman–Crippen LogP) is 4.39. The summed E-state index contributed by atoms with van der Waals surface area (Å²) in [5, 5.41) is 2.15. The van der Waals surface area contributed by atoms with Crippen molar-refractivity contribution in [2.24, 2.45) is 0 Å². The largest absolute Gasteiger partial charge is 0.465 e. The molecule has 1 N–H and O–H groups in total. The molecule has 162 valence electrons. The molecule has 1 unspecified atom stereocenters. The van der Waals surface area contributed by atoms with Crippen LogP contribution in [0, 0.1) is 5.82 Å². The monoisotopic (exact) mass is 410 g/mol. The lowest BCUT2D eigenvalue weighted by Gasteiger charge is -2.26. The summed E-state index contributed by atoms with van der Waals surface area (Å²) in [4.78, 5) is 34.4. The van der Waals surface area contributed by atoms with E-state index in [1.165, 1.54) is 19.2 Å². The standard InChI is InChI=1S/C10H19NO2.C9H8FNO3.C2H4/c1-8-6-5-7-11(8)9(12)13-10(2,3)4;1-14-9(13)6-2-3-8(11-5-12)7(10)4-6;1-2/h8H,5-7H2,1-4H3;2-5H,1H3,(H,11,12);1-2H2. The van der Waals surface area contributed by atoms with E-state index in [1.807, 2.05) is 25.7 Å². The Kier molecular flexibility index (Phi) is 11.3. The number of likely N-dealkylation sites (tertiary alicyclic amines) is 1. The zero-order valence-corrected chi connectivity index (χ0v) is 17.8. The van der Waals surface area contributed by atoms with Gasteiger partial charge in [-0.25, -0.2) is 14.0 Å². The van der Waals surface area contributed by atoms with E-state index < -0.39 is 11.8 Å². The summed E-state index contributed by atoms with van der Waals surface area (Å²) in [6.45, 7) is 14.6. The van der Waals surface area contributed by atoms with E-state index in [-0.39, 0.29) is 22.9 Å². The summed E-state index contributed by atoms with van der Waals surface area (Å²) in [5.74, 6) is -1.30. The van der Waals surface area contributed by atoms with E-state index in [1.54, 1.807) is 0 Å². The van der Waals surface area contributed by atoms with Gasteiger partial charge in [0.1, 0.15) is 11.4 Å². The Morgan fingerprint density at radius 2 is 1.93 bits per heavy atom. The van der Waals surface area contributed by atoms with Gasteiger partial charge in [0, 0.05) is 12.6 Å². The Labute approximate surface area is 171 Å². The zero-order valence-electron chi connectivity index (χ0n) is 17.8. The number of ether oxygens (including phenoxy) is 2. The Morgan fingerprint density at radius 1 is 1.31 bits per heavy atom. The van der Waals surface area contributed by atoms with Crippen LogP contribution in [0.1, 0.15) is 50.9 Å². The van der Waals surface area contributed by atoms with Gasteiger partial charge in [-0.1, -0.05) is 0 Å². The third-order valence-electron chi connectivity index (χ3n) is 3.79. The van der Waals surface area contributed by atoms with Gasteiger partial charge in [0.05, 0.1) is 18.4 Å². The van der Waals surface area contributed by atoms with E-state index in [0.29, 0.717) is 12.5 Å². The van der Waals surface area contributed by atoms with E-state index in [4.69, 9.17) is 4.74 Å². The van der Waals surface area contributed by atoms with Crippen molar-refractivity contribution in [1.82, 2.24) is 4.90 Å². The Balaban J connectivity index is 0.000000499. The fourth-order valence-electron chi connectivity index (χ4n) is 2.47. The Bertz CT molecular complexity index is 688. The highest BCUT2D eigenvalue weighted by molar-refractivity contribution is 5.90. The minimum atomic E-state index is -0.681. The average molecular weight is 410 g/mol. The van der Waals surface area contributed by atoms with E-state index in [0.717, 1.165) is 25.5 Å². The molecule has 2 rings (SSSR count). The maximum atomic E-state index is 13.1. The molecule has 1 aliphatic rings. The highest BCUT2D eigenvalue weighted by Gasteiger charge is 2.29. The van der Waals surface area contributed by atoms with Gasteiger partial charge in [0.25, 0.3) is 0 Å². The van der Waals surface area contributed by atoms with Crippen LogP contribution in [-0.2, 0) is 14.3 Å². The van der Waals surface area contributed by atoms with E-state index in [9.17, 15) is 18.8 Å². The molecule has 1 saturated heterocycles. The average Bonchev–Trinajstić information content (AvgIpc) is 3.10. The molecule has 29 heavy (non-hydrogen) atoms. The van der Waals surface area contributed by atoms with Crippen molar-refractivity contribution in [2.75, 3.05) is 19.0 Å². The van der Waals surface area contributed by atoms with Gasteiger partial charge in [-0.05, 0) is 58.7 Å². The lowest BCUT2D eigenvalue weighted by Crippen LogP contribution is -2.38. The fraction of sp³-hybridized carbons (Fsp3) is 0.476. The van der Waals surface area contributed by atoms with Crippen LogP contribution < -0.4 is 5.32 Å². The Morgan fingerprint density at radius 3 is 2.34 bits per heavy atom. The van der Waals surface area contributed by atoms with Crippen LogP contribution in [0.25, 0.3) is 0 Å². The van der Waals surface area contributed by atoms with Crippen LogP contribution in [0.4, 0.5) is 14.9 Å². The summed E-state index contributed by atoms with van der Waals surface area (Å²) >= 11 is 0. The Hall–Kier alpha value is -2.90. The number of rotatable bonds is 3. The predicted molar refractivity (Wildman–Crippen MR) is 110 cm³/mol. The van der Waals surface area contributed by atoms with Gasteiger partial charge in [0.15, 0.2) is 0 Å². The first-order valence-corrected chi connectivity index (χ1v) is 9.16. The highest BCUT2D eigenvalue weighted by Crippen LogP contribution is 2.20. The van der Waals surface area contributed by atoms with Crippen LogP contribution in [-0.4, -0.2) is 48.7 Å². The molecule has 7 nitrogen and oxygen atoms in total. The number of hydrogen-bond acceptors (Lipinski definition) is 5. The first-order chi connectivity index (χ1) is 13.6. The fourth-order valence-corrected chi connectivity index (χ4v) is 2.47. The number of halogens is 1. The van der Waals surface area contributed by atoms with Gasteiger partial charge >= 0.3 is 12.1 Å². The second-order valence-corrected chi connectivity index (χ2v) is 7.11. The summed E-state index contributed by atoms with van der Waals surface area (Å²) in [5.41, 5.74) is -0.256. The third-order valence-corrected chi connectivity index (χ3v) is 3.79. The first-order valence-electron chi connectivity index (χ1n) is 9.16. The zero-order chi connectivity index (χ0) is 22.6. The number of benzene rings is 1. The number of esters is 1. The maximum Gasteiger partial charge on any atom is 0.410 e. The number of amides is 2. The molecule has 1 aromatic rings. The van der Waals surface area contributed by atoms with Gasteiger partial charge in [-0.2, -0.15) is 0 Å². The summed E-state index contributed by atoms with van der Waals surface area (Å²) in [6.07, 6.45) is 2.38. The molecule has 0 bridgehead atoms. The van der Waals surface area contributed by atoms with Crippen LogP contribution in [0.15, 0.2) is 31.4 Å².